The number of nitrogens with zero attached hydrogens (tertiary/aromatic N) is 6. The van der Waals surface area contributed by atoms with Crippen molar-refractivity contribution < 1.29 is 4.92 Å². The highest BCUT2D eigenvalue weighted by molar-refractivity contribution is 5.70. The Labute approximate surface area is 141 Å². The number of hydrazine groups is 1. The maximum Gasteiger partial charge on any atom is 0.354 e. The molecule has 0 radical (unpaired) electrons. The summed E-state index contributed by atoms with van der Waals surface area (Å²) in [6.07, 6.45) is 5.85. The Morgan fingerprint density at radius 2 is 1.71 bits per heavy atom. The summed E-state index contributed by atoms with van der Waals surface area (Å²) in [7, 11) is 2.07. The predicted molar refractivity (Wildman–Crippen MR) is 92.1 cm³/mol. The molecule has 3 heterocycles. The van der Waals surface area contributed by atoms with Gasteiger partial charge in [0.05, 0.1) is 4.92 Å². The van der Waals surface area contributed by atoms with Crippen LogP contribution in [0.1, 0.15) is 25.7 Å². The fraction of sp³-hybridized carbons (Fsp3) is 0.733. The van der Waals surface area contributed by atoms with E-state index in [0.29, 0.717) is 11.6 Å². The van der Waals surface area contributed by atoms with Gasteiger partial charge in [-0.3, -0.25) is 15.5 Å². The second kappa shape index (κ2) is 7.71. The molecule has 0 bridgehead atoms. The zero-order valence-corrected chi connectivity index (χ0v) is 14.1. The van der Waals surface area contributed by atoms with Crippen LogP contribution in [0.3, 0.4) is 0 Å². The Kier molecular flexibility index (Phi) is 5.41. The van der Waals surface area contributed by atoms with Crippen LogP contribution in [0.25, 0.3) is 0 Å². The van der Waals surface area contributed by atoms with Crippen molar-refractivity contribution >= 4 is 17.3 Å². The molecule has 2 saturated heterocycles. The topological polar surface area (TPSA) is 90.7 Å². The maximum atomic E-state index is 11.7. The van der Waals surface area contributed by atoms with E-state index in [-0.39, 0.29) is 10.6 Å². The minimum absolute atomic E-state index is 0.0154. The molecular formula is C15H25N7O2. The lowest BCUT2D eigenvalue weighted by molar-refractivity contribution is -0.383. The first-order chi connectivity index (χ1) is 11.6. The molecule has 1 N–H and O–H groups in total. The summed E-state index contributed by atoms with van der Waals surface area (Å²) in [6.45, 7) is 5.07. The van der Waals surface area contributed by atoms with Crippen LogP contribution < -0.4 is 10.3 Å². The highest BCUT2D eigenvalue weighted by Crippen LogP contribution is 2.33. The zero-order valence-electron chi connectivity index (χ0n) is 14.1. The van der Waals surface area contributed by atoms with Crippen molar-refractivity contribution in [3.05, 3.63) is 16.4 Å². The molecule has 0 atom stereocenters. The van der Waals surface area contributed by atoms with Crippen molar-refractivity contribution in [2.24, 2.45) is 0 Å². The molecule has 0 aromatic carbocycles. The lowest BCUT2D eigenvalue weighted by Gasteiger charge is -2.32. The molecular weight excluding hydrogens is 310 g/mol. The minimum atomic E-state index is -0.362. The molecule has 2 fully saturated rings. The van der Waals surface area contributed by atoms with Crippen molar-refractivity contribution in [1.82, 2.24) is 19.9 Å². The summed E-state index contributed by atoms with van der Waals surface area (Å²) in [5.74, 6) is 0.729. The Morgan fingerprint density at radius 3 is 2.33 bits per heavy atom. The first kappa shape index (κ1) is 16.8. The van der Waals surface area contributed by atoms with Crippen molar-refractivity contribution in [3.8, 4) is 0 Å². The van der Waals surface area contributed by atoms with Gasteiger partial charge in [-0.25, -0.2) is 15.0 Å². The number of likely N-dealkylation sites (N-methyl/N-ethyl adjacent to an activating group) is 1. The summed E-state index contributed by atoms with van der Waals surface area (Å²) >= 11 is 0. The molecule has 9 heteroatoms. The number of hydrogen-bond acceptors (Lipinski definition) is 8. The summed E-state index contributed by atoms with van der Waals surface area (Å²) in [5.41, 5.74) is 3.12. The van der Waals surface area contributed by atoms with Crippen LogP contribution in [0.2, 0.25) is 0 Å². The summed E-state index contributed by atoms with van der Waals surface area (Å²) in [5, 5.41) is 13.7. The Hall–Kier alpha value is -2.00. The third-order valence-electron chi connectivity index (χ3n) is 4.66. The maximum absolute atomic E-state index is 11.7. The van der Waals surface area contributed by atoms with Gasteiger partial charge in [-0.1, -0.05) is 12.8 Å². The first-order valence-corrected chi connectivity index (χ1v) is 8.59. The van der Waals surface area contributed by atoms with Gasteiger partial charge in [0, 0.05) is 39.3 Å². The summed E-state index contributed by atoms with van der Waals surface area (Å²) in [4.78, 5) is 24.0. The summed E-state index contributed by atoms with van der Waals surface area (Å²) < 4.78 is 0. The van der Waals surface area contributed by atoms with Crippen LogP contribution in [-0.4, -0.2) is 71.1 Å². The van der Waals surface area contributed by atoms with Gasteiger partial charge in [-0.05, 0) is 19.9 Å². The van der Waals surface area contributed by atoms with Crippen LogP contribution in [0.5, 0.6) is 0 Å². The molecule has 0 aliphatic carbocycles. The second-order valence-corrected chi connectivity index (χ2v) is 6.45. The van der Waals surface area contributed by atoms with E-state index >= 15 is 0 Å². The Morgan fingerprint density at radius 1 is 1.04 bits per heavy atom. The van der Waals surface area contributed by atoms with Crippen LogP contribution in [-0.2, 0) is 0 Å². The molecule has 0 saturated carbocycles. The van der Waals surface area contributed by atoms with E-state index in [2.05, 4.69) is 27.3 Å². The Balaban J connectivity index is 1.83. The molecule has 0 spiro atoms. The largest absolute Gasteiger partial charge is 0.354 e. The molecule has 1 aromatic heterocycles. The van der Waals surface area contributed by atoms with Gasteiger partial charge in [0.2, 0.25) is 11.6 Å². The number of hydrogen-bond donors (Lipinski definition) is 1. The average Bonchev–Trinajstić information content (AvgIpc) is 2.86. The number of piperazine rings is 1. The normalized spacial score (nSPS) is 20.6. The van der Waals surface area contributed by atoms with Gasteiger partial charge in [0.1, 0.15) is 6.33 Å². The van der Waals surface area contributed by atoms with Crippen molar-refractivity contribution in [3.63, 3.8) is 0 Å². The molecule has 1 aromatic rings. The molecule has 9 nitrogen and oxygen atoms in total. The second-order valence-electron chi connectivity index (χ2n) is 6.45. The quantitative estimate of drug-likeness (QED) is 0.651. The van der Waals surface area contributed by atoms with Crippen LogP contribution in [0.15, 0.2) is 6.33 Å². The Bertz CT molecular complexity index is 567. The number of nitro groups is 1. The molecule has 2 aliphatic rings. The minimum Gasteiger partial charge on any atom is -0.351 e. The third kappa shape index (κ3) is 3.90. The van der Waals surface area contributed by atoms with Gasteiger partial charge in [0.15, 0.2) is 0 Å². The third-order valence-corrected chi connectivity index (χ3v) is 4.66. The van der Waals surface area contributed by atoms with Crippen molar-refractivity contribution in [2.75, 3.05) is 56.6 Å². The van der Waals surface area contributed by atoms with Crippen LogP contribution in [0, 0.1) is 10.1 Å². The standard InChI is InChI=1S/C15H25N7O2/c1-19-8-10-21(11-9-19)18-14-13(22(23)24)15(17-12-16-14)20-6-4-2-3-5-7-20/h12H,2-11H2,1H3,(H,16,17,18). The predicted octanol–water partition coefficient (Wildman–Crippen LogP) is 1.34. The average molecular weight is 335 g/mol. The van der Waals surface area contributed by atoms with Gasteiger partial charge >= 0.3 is 5.69 Å². The van der Waals surface area contributed by atoms with Gasteiger partial charge in [0.25, 0.3) is 0 Å². The number of rotatable bonds is 4. The molecule has 132 valence electrons. The number of aromatic nitrogens is 2. The van der Waals surface area contributed by atoms with E-state index in [1.807, 2.05) is 9.91 Å². The first-order valence-electron chi connectivity index (χ1n) is 8.59. The van der Waals surface area contributed by atoms with Gasteiger partial charge in [-0.2, -0.15) is 0 Å². The number of anilines is 2. The fourth-order valence-corrected chi connectivity index (χ4v) is 3.20. The van der Waals surface area contributed by atoms with E-state index in [1.54, 1.807) is 0 Å². The molecule has 0 amide bonds. The lowest BCUT2D eigenvalue weighted by Crippen LogP contribution is -2.47. The SMILES string of the molecule is CN1CCN(Nc2ncnc(N3CCCCCC3)c2[N+](=O)[O-])CC1. The monoisotopic (exact) mass is 335 g/mol. The molecule has 0 unspecified atom stereocenters. The van der Waals surface area contributed by atoms with Crippen LogP contribution in [0.4, 0.5) is 17.3 Å². The van der Waals surface area contributed by atoms with E-state index in [1.165, 1.54) is 19.2 Å². The van der Waals surface area contributed by atoms with Gasteiger partial charge < -0.3 is 9.80 Å². The van der Waals surface area contributed by atoms with Crippen molar-refractivity contribution in [2.45, 2.75) is 25.7 Å². The highest BCUT2D eigenvalue weighted by atomic mass is 16.6. The lowest BCUT2D eigenvalue weighted by atomic mass is 10.2. The van der Waals surface area contributed by atoms with E-state index in [4.69, 9.17) is 0 Å². The van der Waals surface area contributed by atoms with E-state index in [9.17, 15) is 10.1 Å². The molecule has 2 aliphatic heterocycles. The van der Waals surface area contributed by atoms with Crippen LogP contribution >= 0.6 is 0 Å². The molecule has 24 heavy (non-hydrogen) atoms. The van der Waals surface area contributed by atoms with Crippen molar-refractivity contribution in [1.29, 1.82) is 0 Å². The van der Waals surface area contributed by atoms with E-state index in [0.717, 1.165) is 52.1 Å². The molecule has 3 rings (SSSR count). The van der Waals surface area contributed by atoms with Gasteiger partial charge in [-0.15, -0.1) is 0 Å². The fourth-order valence-electron chi connectivity index (χ4n) is 3.20. The zero-order chi connectivity index (χ0) is 16.9. The number of nitrogens with one attached hydrogen (secondary N) is 1. The highest BCUT2D eigenvalue weighted by Gasteiger charge is 2.28. The smallest absolute Gasteiger partial charge is 0.351 e. The summed E-state index contributed by atoms with van der Waals surface area (Å²) in [6, 6.07) is 0. The van der Waals surface area contributed by atoms with E-state index < -0.39 is 0 Å².